The van der Waals surface area contributed by atoms with Gasteiger partial charge in [-0.05, 0) is 18.2 Å². The Morgan fingerprint density at radius 2 is 2.20 bits per heavy atom. The Morgan fingerprint density at radius 3 is 2.80 bits per heavy atom. The van der Waals surface area contributed by atoms with E-state index >= 15 is 0 Å². The van der Waals surface area contributed by atoms with Gasteiger partial charge < -0.3 is 9.15 Å². The maximum atomic E-state index is 11.6. The number of carbonyl (C=O) groups is 1. The predicted molar refractivity (Wildman–Crippen MR) is 70.8 cm³/mol. The summed E-state index contributed by atoms with van der Waals surface area (Å²) in [5, 5.41) is 10.5. The van der Waals surface area contributed by atoms with E-state index in [2.05, 4.69) is 0 Å². The Balaban J connectivity index is 1.94. The van der Waals surface area contributed by atoms with Crippen LogP contribution < -0.4 is 4.74 Å². The average Bonchev–Trinajstić information content (AvgIpc) is 2.89. The fourth-order valence-electron chi connectivity index (χ4n) is 1.56. The van der Waals surface area contributed by atoms with Gasteiger partial charge in [-0.25, -0.2) is 0 Å². The van der Waals surface area contributed by atoms with Gasteiger partial charge in [0.05, 0.1) is 17.6 Å². The van der Waals surface area contributed by atoms with E-state index in [-0.39, 0.29) is 22.9 Å². The molecule has 104 valence electrons. The van der Waals surface area contributed by atoms with Crippen molar-refractivity contribution in [3.63, 3.8) is 0 Å². The van der Waals surface area contributed by atoms with Gasteiger partial charge in [0.1, 0.15) is 16.5 Å². The number of nitro groups is 1. The Hall–Kier alpha value is -2.34. The second kappa shape index (κ2) is 6.21. The number of hydrogen-bond donors (Lipinski definition) is 0. The van der Waals surface area contributed by atoms with Crippen molar-refractivity contribution >= 4 is 23.3 Å². The number of halogens is 1. The van der Waals surface area contributed by atoms with E-state index < -0.39 is 10.9 Å². The molecule has 0 N–H and O–H groups in total. The molecule has 0 fully saturated rings. The van der Waals surface area contributed by atoms with Crippen molar-refractivity contribution in [2.24, 2.45) is 0 Å². The number of rotatable bonds is 5. The molecule has 0 atom stereocenters. The van der Waals surface area contributed by atoms with Crippen LogP contribution in [0.2, 0.25) is 5.02 Å². The third-order valence-corrected chi connectivity index (χ3v) is 2.81. The second-order valence-corrected chi connectivity index (χ2v) is 4.33. The molecule has 6 nitrogen and oxygen atoms in total. The van der Waals surface area contributed by atoms with Crippen LogP contribution in [-0.4, -0.2) is 10.9 Å². The Labute approximate surface area is 119 Å². The summed E-state index contributed by atoms with van der Waals surface area (Å²) in [5.41, 5.74) is -0.234. The number of nitrogens with zero attached hydrogens (tertiary/aromatic N) is 1. The van der Waals surface area contributed by atoms with Crippen LogP contribution in [0.3, 0.4) is 0 Å². The monoisotopic (exact) mass is 295 g/mol. The molecule has 0 aliphatic heterocycles. The lowest BCUT2D eigenvalue weighted by molar-refractivity contribution is -0.384. The third-order valence-electron chi connectivity index (χ3n) is 2.50. The van der Waals surface area contributed by atoms with Crippen molar-refractivity contribution in [1.82, 2.24) is 0 Å². The normalized spacial score (nSPS) is 10.2. The van der Waals surface area contributed by atoms with E-state index in [0.717, 1.165) is 0 Å². The number of ether oxygens (including phenoxy) is 1. The highest BCUT2D eigenvalue weighted by molar-refractivity contribution is 6.32. The zero-order chi connectivity index (χ0) is 14.5. The van der Waals surface area contributed by atoms with Crippen LogP contribution in [0.4, 0.5) is 5.69 Å². The molecular weight excluding hydrogens is 286 g/mol. The molecule has 0 aliphatic rings. The molecule has 0 spiro atoms. The maximum Gasteiger partial charge on any atom is 0.311 e. The standard InChI is InChI=1S/C13H10ClNO5/c14-11-8-10(3-5-12(11)15(17)18)20-13(16)6-4-9-2-1-7-19-9/h1-3,5,7-8H,4,6H2. The highest BCUT2D eigenvalue weighted by Crippen LogP contribution is 2.28. The van der Waals surface area contributed by atoms with Crippen molar-refractivity contribution < 1.29 is 18.9 Å². The molecule has 20 heavy (non-hydrogen) atoms. The maximum absolute atomic E-state index is 11.6. The lowest BCUT2D eigenvalue weighted by atomic mass is 10.2. The van der Waals surface area contributed by atoms with E-state index in [1.807, 2.05) is 0 Å². The van der Waals surface area contributed by atoms with E-state index in [1.54, 1.807) is 12.1 Å². The quantitative estimate of drug-likeness (QED) is 0.365. The first-order valence-corrected chi connectivity index (χ1v) is 6.11. The van der Waals surface area contributed by atoms with Crippen molar-refractivity contribution in [3.05, 3.63) is 57.5 Å². The van der Waals surface area contributed by atoms with Crippen LogP contribution in [0.5, 0.6) is 5.75 Å². The van der Waals surface area contributed by atoms with E-state index in [9.17, 15) is 14.9 Å². The molecule has 0 saturated heterocycles. The summed E-state index contributed by atoms with van der Waals surface area (Å²) in [6.45, 7) is 0. The van der Waals surface area contributed by atoms with Gasteiger partial charge in [-0.1, -0.05) is 11.6 Å². The molecule has 0 bridgehead atoms. The second-order valence-electron chi connectivity index (χ2n) is 3.92. The summed E-state index contributed by atoms with van der Waals surface area (Å²) in [7, 11) is 0. The Kier molecular flexibility index (Phi) is 4.37. The number of benzene rings is 1. The lowest BCUT2D eigenvalue weighted by Crippen LogP contribution is -2.08. The van der Waals surface area contributed by atoms with Gasteiger partial charge in [0, 0.05) is 18.6 Å². The summed E-state index contributed by atoms with van der Waals surface area (Å²) < 4.78 is 10.1. The van der Waals surface area contributed by atoms with Crippen molar-refractivity contribution in [3.8, 4) is 5.75 Å². The number of aryl methyl sites for hydroxylation is 1. The molecule has 7 heteroatoms. The highest BCUT2D eigenvalue weighted by Gasteiger charge is 2.14. The lowest BCUT2D eigenvalue weighted by Gasteiger charge is -2.04. The van der Waals surface area contributed by atoms with E-state index in [1.165, 1.54) is 24.5 Å². The van der Waals surface area contributed by atoms with Crippen molar-refractivity contribution in [1.29, 1.82) is 0 Å². The number of esters is 1. The molecule has 0 saturated carbocycles. The fourth-order valence-corrected chi connectivity index (χ4v) is 1.80. The molecule has 0 amide bonds. The van der Waals surface area contributed by atoms with Gasteiger partial charge in [0.15, 0.2) is 0 Å². The first-order chi connectivity index (χ1) is 9.56. The van der Waals surface area contributed by atoms with Crippen LogP contribution >= 0.6 is 11.6 Å². The highest BCUT2D eigenvalue weighted by atomic mass is 35.5. The van der Waals surface area contributed by atoms with Gasteiger partial charge in [-0.2, -0.15) is 0 Å². The van der Waals surface area contributed by atoms with Crippen LogP contribution in [0.25, 0.3) is 0 Å². The average molecular weight is 296 g/mol. The summed E-state index contributed by atoms with van der Waals surface area (Å²) in [6.07, 6.45) is 2.09. The molecule has 1 aromatic carbocycles. The van der Waals surface area contributed by atoms with E-state index in [0.29, 0.717) is 12.2 Å². The fraction of sp³-hybridized carbons (Fsp3) is 0.154. The van der Waals surface area contributed by atoms with Gasteiger partial charge in [0.25, 0.3) is 5.69 Å². The molecular formula is C13H10ClNO5. The molecule has 0 aliphatic carbocycles. The zero-order valence-corrected chi connectivity index (χ0v) is 11.0. The number of hydrogen-bond acceptors (Lipinski definition) is 5. The molecule has 2 aromatic rings. The Bertz CT molecular complexity index is 624. The topological polar surface area (TPSA) is 82.6 Å². The summed E-state index contributed by atoms with van der Waals surface area (Å²) >= 11 is 5.72. The largest absolute Gasteiger partial charge is 0.469 e. The van der Waals surface area contributed by atoms with Gasteiger partial charge in [0.2, 0.25) is 0 Å². The minimum absolute atomic E-state index is 0.0775. The zero-order valence-electron chi connectivity index (χ0n) is 10.2. The first-order valence-electron chi connectivity index (χ1n) is 5.73. The number of nitro benzene ring substituents is 1. The van der Waals surface area contributed by atoms with Crippen molar-refractivity contribution in [2.75, 3.05) is 0 Å². The minimum Gasteiger partial charge on any atom is -0.469 e. The van der Waals surface area contributed by atoms with Gasteiger partial charge in [-0.15, -0.1) is 0 Å². The Morgan fingerprint density at radius 1 is 1.40 bits per heavy atom. The van der Waals surface area contributed by atoms with Crippen LogP contribution in [0, 0.1) is 10.1 Å². The van der Waals surface area contributed by atoms with Crippen LogP contribution in [-0.2, 0) is 11.2 Å². The third kappa shape index (κ3) is 3.58. The molecule has 1 heterocycles. The SMILES string of the molecule is O=C(CCc1ccco1)Oc1ccc([N+](=O)[O-])c(Cl)c1. The van der Waals surface area contributed by atoms with Crippen molar-refractivity contribution in [2.45, 2.75) is 12.8 Å². The van der Waals surface area contributed by atoms with Crippen LogP contribution in [0.1, 0.15) is 12.2 Å². The summed E-state index contributed by atoms with van der Waals surface area (Å²) in [5.74, 6) is 0.389. The van der Waals surface area contributed by atoms with Gasteiger partial charge in [-0.3, -0.25) is 14.9 Å². The first kappa shape index (κ1) is 14.1. The molecule has 0 radical (unpaired) electrons. The van der Waals surface area contributed by atoms with Gasteiger partial charge >= 0.3 is 5.97 Å². The number of carbonyl (C=O) groups excluding carboxylic acids is 1. The summed E-state index contributed by atoms with van der Waals surface area (Å²) in [6, 6.07) is 7.25. The minimum atomic E-state index is -0.606. The smallest absolute Gasteiger partial charge is 0.311 e. The van der Waals surface area contributed by atoms with E-state index in [4.69, 9.17) is 20.8 Å². The van der Waals surface area contributed by atoms with Crippen LogP contribution in [0.15, 0.2) is 41.0 Å². The number of furan rings is 1. The molecule has 0 unspecified atom stereocenters. The molecule has 2 rings (SSSR count). The summed E-state index contributed by atoms with van der Waals surface area (Å²) in [4.78, 5) is 21.6. The predicted octanol–water partition coefficient (Wildman–Crippen LogP) is 3.38. The molecule has 1 aromatic heterocycles.